The molecule has 1 aliphatic heterocycles. The first kappa shape index (κ1) is 17.0. The summed E-state index contributed by atoms with van der Waals surface area (Å²) in [7, 11) is 0. The van der Waals surface area contributed by atoms with Crippen LogP contribution in [0.3, 0.4) is 0 Å². The van der Waals surface area contributed by atoms with Gasteiger partial charge in [0.15, 0.2) is 11.5 Å². The fourth-order valence-corrected chi connectivity index (χ4v) is 2.60. The van der Waals surface area contributed by atoms with Gasteiger partial charge in [0, 0.05) is 24.0 Å². The molecule has 2 heterocycles. The maximum absolute atomic E-state index is 13.0. The fraction of sp³-hybridized carbons (Fsp3) is 0.294. The van der Waals surface area contributed by atoms with Crippen LogP contribution in [0, 0.1) is 5.82 Å². The Morgan fingerprint density at radius 3 is 2.44 bits per heavy atom. The quantitative estimate of drug-likeness (QED) is 0.779. The minimum absolute atomic E-state index is 0.0523. The Bertz CT molecular complexity index is 760. The molecule has 130 valence electrons. The second-order valence-corrected chi connectivity index (χ2v) is 5.71. The van der Waals surface area contributed by atoms with Gasteiger partial charge < -0.3 is 16.0 Å². The molecular formula is C17H18FN5O2. The number of carbonyl (C=O) groups excluding carboxylic acids is 2. The van der Waals surface area contributed by atoms with Crippen molar-refractivity contribution in [3.8, 4) is 0 Å². The van der Waals surface area contributed by atoms with Gasteiger partial charge in [-0.05, 0) is 50.2 Å². The highest BCUT2D eigenvalue weighted by molar-refractivity contribution is 6.07. The molecule has 2 amide bonds. The molecule has 0 aliphatic carbocycles. The van der Waals surface area contributed by atoms with Crippen LogP contribution in [0.25, 0.3) is 0 Å². The van der Waals surface area contributed by atoms with Gasteiger partial charge in [-0.1, -0.05) is 0 Å². The topological polar surface area (TPSA) is 96.0 Å². The van der Waals surface area contributed by atoms with E-state index in [9.17, 15) is 14.0 Å². The number of hydrogen-bond acceptors (Lipinski definition) is 5. The molecule has 3 N–H and O–H groups in total. The van der Waals surface area contributed by atoms with Crippen LogP contribution < -0.4 is 16.0 Å². The Balaban J connectivity index is 1.72. The lowest BCUT2D eigenvalue weighted by molar-refractivity contribution is 0.0925. The van der Waals surface area contributed by atoms with Gasteiger partial charge in [0.1, 0.15) is 5.82 Å². The number of carbonyl (C=O) groups is 2. The third-order valence-electron chi connectivity index (χ3n) is 3.93. The summed E-state index contributed by atoms with van der Waals surface area (Å²) in [5.41, 5.74) is 0.313. The molecule has 3 rings (SSSR count). The SMILES string of the molecule is O=C(Nc1nccnc1C(=O)NC1CCNCC1)c1ccc(F)cc1. The summed E-state index contributed by atoms with van der Waals surface area (Å²) in [5, 5.41) is 8.69. The zero-order valence-corrected chi connectivity index (χ0v) is 13.5. The van der Waals surface area contributed by atoms with Gasteiger partial charge in [0.05, 0.1) is 0 Å². The van der Waals surface area contributed by atoms with Crippen LogP contribution in [0.1, 0.15) is 33.7 Å². The van der Waals surface area contributed by atoms with E-state index in [-0.39, 0.29) is 29.0 Å². The molecule has 1 aromatic carbocycles. The zero-order chi connectivity index (χ0) is 17.6. The monoisotopic (exact) mass is 343 g/mol. The van der Waals surface area contributed by atoms with Crippen molar-refractivity contribution in [2.24, 2.45) is 0 Å². The number of aromatic nitrogens is 2. The number of nitrogens with zero attached hydrogens (tertiary/aromatic N) is 2. The number of nitrogens with one attached hydrogen (secondary N) is 3. The normalized spacial score (nSPS) is 14.8. The van der Waals surface area contributed by atoms with Gasteiger partial charge in [-0.25, -0.2) is 14.4 Å². The maximum Gasteiger partial charge on any atom is 0.273 e. The minimum Gasteiger partial charge on any atom is -0.348 e. The van der Waals surface area contributed by atoms with Crippen molar-refractivity contribution >= 4 is 17.6 Å². The van der Waals surface area contributed by atoms with E-state index in [0.717, 1.165) is 25.9 Å². The first-order chi connectivity index (χ1) is 12.1. The molecule has 7 nitrogen and oxygen atoms in total. The Labute approximate surface area is 144 Å². The summed E-state index contributed by atoms with van der Waals surface area (Å²) in [6.07, 6.45) is 4.46. The number of rotatable bonds is 4. The third-order valence-corrected chi connectivity index (χ3v) is 3.93. The first-order valence-corrected chi connectivity index (χ1v) is 8.03. The average Bonchev–Trinajstić information content (AvgIpc) is 2.63. The summed E-state index contributed by atoms with van der Waals surface area (Å²) in [5.74, 6) is -1.23. The fourth-order valence-electron chi connectivity index (χ4n) is 2.60. The van der Waals surface area contributed by atoms with E-state index in [1.165, 1.54) is 36.7 Å². The highest BCUT2D eigenvalue weighted by atomic mass is 19.1. The predicted molar refractivity (Wildman–Crippen MR) is 89.7 cm³/mol. The predicted octanol–water partition coefficient (Wildman–Crippen LogP) is 1.35. The van der Waals surface area contributed by atoms with Crippen molar-refractivity contribution < 1.29 is 14.0 Å². The third kappa shape index (κ3) is 4.36. The lowest BCUT2D eigenvalue weighted by Gasteiger charge is -2.23. The molecule has 1 aliphatic rings. The second kappa shape index (κ2) is 7.80. The van der Waals surface area contributed by atoms with E-state index in [0.29, 0.717) is 0 Å². The Morgan fingerprint density at radius 2 is 1.72 bits per heavy atom. The van der Waals surface area contributed by atoms with Gasteiger partial charge in [-0.2, -0.15) is 0 Å². The van der Waals surface area contributed by atoms with Crippen LogP contribution in [0.2, 0.25) is 0 Å². The van der Waals surface area contributed by atoms with E-state index < -0.39 is 11.7 Å². The molecule has 1 saturated heterocycles. The molecule has 0 bridgehead atoms. The van der Waals surface area contributed by atoms with Crippen molar-refractivity contribution in [2.45, 2.75) is 18.9 Å². The second-order valence-electron chi connectivity index (χ2n) is 5.71. The zero-order valence-electron chi connectivity index (χ0n) is 13.5. The number of amides is 2. The molecule has 0 saturated carbocycles. The first-order valence-electron chi connectivity index (χ1n) is 8.03. The summed E-state index contributed by atoms with van der Waals surface area (Å²) >= 11 is 0. The molecule has 2 aromatic rings. The van der Waals surface area contributed by atoms with Crippen molar-refractivity contribution in [3.63, 3.8) is 0 Å². The maximum atomic E-state index is 13.0. The number of hydrogen-bond donors (Lipinski definition) is 3. The Morgan fingerprint density at radius 1 is 1.04 bits per heavy atom. The summed E-state index contributed by atoms with van der Waals surface area (Å²) in [6, 6.07) is 5.16. The molecule has 8 heteroatoms. The van der Waals surface area contributed by atoms with Crippen molar-refractivity contribution in [1.82, 2.24) is 20.6 Å². The number of halogens is 1. The van der Waals surface area contributed by atoms with E-state index in [4.69, 9.17) is 0 Å². The highest BCUT2D eigenvalue weighted by Gasteiger charge is 2.21. The molecule has 0 radical (unpaired) electrons. The van der Waals surface area contributed by atoms with E-state index in [1.807, 2.05) is 0 Å². The van der Waals surface area contributed by atoms with Crippen molar-refractivity contribution in [2.75, 3.05) is 18.4 Å². The van der Waals surface area contributed by atoms with Crippen molar-refractivity contribution in [3.05, 3.63) is 53.7 Å². The smallest absolute Gasteiger partial charge is 0.273 e. The van der Waals surface area contributed by atoms with E-state index in [1.54, 1.807) is 0 Å². The van der Waals surface area contributed by atoms with Crippen LogP contribution in [-0.4, -0.2) is 40.9 Å². The van der Waals surface area contributed by atoms with Gasteiger partial charge in [0.25, 0.3) is 11.8 Å². The standard InChI is InChI=1S/C17H18FN5O2/c18-12-3-1-11(2-4-12)16(24)23-15-14(20-9-10-21-15)17(25)22-13-5-7-19-8-6-13/h1-4,9-10,13,19H,5-8H2,(H,22,25)(H,21,23,24). The van der Waals surface area contributed by atoms with Crippen LogP contribution in [0.4, 0.5) is 10.2 Å². The Kier molecular flexibility index (Phi) is 5.30. The number of benzene rings is 1. The number of anilines is 1. The van der Waals surface area contributed by atoms with Gasteiger partial charge in [0.2, 0.25) is 0 Å². The average molecular weight is 343 g/mol. The van der Waals surface area contributed by atoms with Crippen molar-refractivity contribution in [1.29, 1.82) is 0 Å². The summed E-state index contributed by atoms with van der Waals surface area (Å²) < 4.78 is 13.0. The lowest BCUT2D eigenvalue weighted by atomic mass is 10.1. The molecule has 1 aromatic heterocycles. The molecule has 0 unspecified atom stereocenters. The van der Waals surface area contributed by atoms with Crippen LogP contribution >= 0.6 is 0 Å². The molecular weight excluding hydrogens is 325 g/mol. The summed E-state index contributed by atoms with van der Waals surface area (Å²) in [6.45, 7) is 1.69. The molecule has 1 fully saturated rings. The molecule has 25 heavy (non-hydrogen) atoms. The van der Waals surface area contributed by atoms with Gasteiger partial charge >= 0.3 is 0 Å². The largest absolute Gasteiger partial charge is 0.348 e. The number of piperidine rings is 1. The lowest BCUT2D eigenvalue weighted by Crippen LogP contribution is -2.43. The van der Waals surface area contributed by atoms with E-state index in [2.05, 4.69) is 25.9 Å². The minimum atomic E-state index is -0.489. The Hall–Kier alpha value is -2.87. The van der Waals surface area contributed by atoms with Crippen LogP contribution in [0.5, 0.6) is 0 Å². The van der Waals surface area contributed by atoms with Gasteiger partial charge in [-0.15, -0.1) is 0 Å². The molecule has 0 spiro atoms. The summed E-state index contributed by atoms with van der Waals surface area (Å²) in [4.78, 5) is 32.8. The molecule has 0 atom stereocenters. The van der Waals surface area contributed by atoms with Crippen LogP contribution in [0.15, 0.2) is 36.7 Å². The van der Waals surface area contributed by atoms with Gasteiger partial charge in [-0.3, -0.25) is 9.59 Å². The van der Waals surface area contributed by atoms with E-state index >= 15 is 0 Å². The highest BCUT2D eigenvalue weighted by Crippen LogP contribution is 2.12. The van der Waals surface area contributed by atoms with Crippen LogP contribution in [-0.2, 0) is 0 Å².